The minimum atomic E-state index is 0.0371. The molecule has 2 aromatic rings. The number of nitrogens with one attached hydrogen (secondary N) is 1. The normalized spacial score (nSPS) is 18.0. The van der Waals surface area contributed by atoms with Gasteiger partial charge in [0.15, 0.2) is 5.82 Å². The van der Waals surface area contributed by atoms with E-state index < -0.39 is 0 Å². The minimum Gasteiger partial charge on any atom is -0.378 e. The van der Waals surface area contributed by atoms with Gasteiger partial charge in [-0.15, -0.1) is 0 Å². The zero-order valence-corrected chi connectivity index (χ0v) is 17.1. The van der Waals surface area contributed by atoms with Crippen molar-refractivity contribution in [3.05, 3.63) is 47.4 Å². The molecule has 7 nitrogen and oxygen atoms in total. The number of nitrogens with zero attached hydrogens (tertiary/aromatic N) is 4. The molecule has 0 atom stereocenters. The molecule has 4 rings (SSSR count). The van der Waals surface area contributed by atoms with Crippen LogP contribution < -0.4 is 15.1 Å². The summed E-state index contributed by atoms with van der Waals surface area (Å²) in [7, 11) is 0. The molecule has 0 unspecified atom stereocenters. The van der Waals surface area contributed by atoms with E-state index in [0.717, 1.165) is 69.3 Å². The molecule has 154 valence electrons. The first-order valence-corrected chi connectivity index (χ1v) is 10.5. The van der Waals surface area contributed by atoms with Gasteiger partial charge in [0.1, 0.15) is 6.33 Å². The fourth-order valence-electron chi connectivity index (χ4n) is 3.88. The van der Waals surface area contributed by atoms with E-state index in [1.54, 1.807) is 6.33 Å². The Labute approximate surface area is 176 Å². The maximum absolute atomic E-state index is 12.6. The van der Waals surface area contributed by atoms with Crippen LogP contribution in [0.3, 0.4) is 0 Å². The standard InChI is InChI=1S/C21H26ClN5O2/c22-18-3-1-16(2-4-18)13-24-21(28)17-5-7-26(8-6-17)19-14-23-15-25-20(19)27-9-11-29-12-10-27/h1-4,14-15,17H,5-13H2,(H,24,28). The third-order valence-corrected chi connectivity index (χ3v) is 5.82. The average Bonchev–Trinajstić information content (AvgIpc) is 2.79. The lowest BCUT2D eigenvalue weighted by Crippen LogP contribution is -2.42. The van der Waals surface area contributed by atoms with Crippen molar-refractivity contribution in [2.75, 3.05) is 49.2 Å². The van der Waals surface area contributed by atoms with Crippen LogP contribution in [-0.4, -0.2) is 55.3 Å². The highest BCUT2D eigenvalue weighted by molar-refractivity contribution is 6.30. The first kappa shape index (κ1) is 19.9. The number of morpholine rings is 1. The molecule has 29 heavy (non-hydrogen) atoms. The number of benzene rings is 1. The van der Waals surface area contributed by atoms with E-state index in [2.05, 4.69) is 25.1 Å². The van der Waals surface area contributed by atoms with Crippen LogP contribution in [0.5, 0.6) is 0 Å². The van der Waals surface area contributed by atoms with Gasteiger partial charge in [-0.3, -0.25) is 4.79 Å². The number of amides is 1. The van der Waals surface area contributed by atoms with Gasteiger partial charge in [-0.05, 0) is 30.5 Å². The van der Waals surface area contributed by atoms with Crippen LogP contribution in [0, 0.1) is 5.92 Å². The molecule has 8 heteroatoms. The second-order valence-electron chi connectivity index (χ2n) is 7.44. The second kappa shape index (κ2) is 9.41. The van der Waals surface area contributed by atoms with Gasteiger partial charge >= 0.3 is 0 Å². The van der Waals surface area contributed by atoms with Crippen molar-refractivity contribution >= 4 is 29.0 Å². The number of ether oxygens (including phenoxy) is 1. The molecule has 2 saturated heterocycles. The fraction of sp³-hybridized carbons (Fsp3) is 0.476. The molecule has 1 N–H and O–H groups in total. The monoisotopic (exact) mass is 415 g/mol. The topological polar surface area (TPSA) is 70.6 Å². The predicted octanol–water partition coefficient (Wildman–Crippen LogP) is 2.50. The summed E-state index contributed by atoms with van der Waals surface area (Å²) in [6.45, 7) is 5.30. The molecule has 0 saturated carbocycles. The molecule has 0 radical (unpaired) electrons. The molecular formula is C21H26ClN5O2. The Kier molecular flexibility index (Phi) is 6.46. The highest BCUT2D eigenvalue weighted by Gasteiger charge is 2.27. The maximum atomic E-state index is 12.6. The number of halogens is 1. The SMILES string of the molecule is O=C(NCc1ccc(Cl)cc1)C1CCN(c2cncnc2N2CCOCC2)CC1. The van der Waals surface area contributed by atoms with Crippen molar-refractivity contribution in [3.63, 3.8) is 0 Å². The van der Waals surface area contributed by atoms with Crippen molar-refractivity contribution in [1.82, 2.24) is 15.3 Å². The smallest absolute Gasteiger partial charge is 0.223 e. The number of carbonyl (C=O) groups excluding carboxylic acids is 1. The molecular weight excluding hydrogens is 390 g/mol. The Morgan fingerprint density at radius 1 is 1.10 bits per heavy atom. The predicted molar refractivity (Wildman–Crippen MR) is 113 cm³/mol. The van der Waals surface area contributed by atoms with E-state index in [1.165, 1.54) is 0 Å². The van der Waals surface area contributed by atoms with E-state index >= 15 is 0 Å². The summed E-state index contributed by atoms with van der Waals surface area (Å²) in [5.41, 5.74) is 2.10. The molecule has 0 bridgehead atoms. The van der Waals surface area contributed by atoms with Crippen molar-refractivity contribution < 1.29 is 9.53 Å². The largest absolute Gasteiger partial charge is 0.378 e. The Hall–Kier alpha value is -2.38. The van der Waals surface area contributed by atoms with Crippen LogP contribution in [0.1, 0.15) is 18.4 Å². The summed E-state index contributed by atoms with van der Waals surface area (Å²) in [4.78, 5) is 25.9. The minimum absolute atomic E-state index is 0.0371. The van der Waals surface area contributed by atoms with Crippen LogP contribution in [0.15, 0.2) is 36.8 Å². The molecule has 0 spiro atoms. The van der Waals surface area contributed by atoms with E-state index in [0.29, 0.717) is 11.6 Å². The molecule has 1 aromatic heterocycles. The lowest BCUT2D eigenvalue weighted by molar-refractivity contribution is -0.125. The Morgan fingerprint density at radius 3 is 2.55 bits per heavy atom. The third-order valence-electron chi connectivity index (χ3n) is 5.57. The quantitative estimate of drug-likeness (QED) is 0.809. The van der Waals surface area contributed by atoms with Crippen LogP contribution in [-0.2, 0) is 16.1 Å². The number of aromatic nitrogens is 2. The first-order valence-electron chi connectivity index (χ1n) is 10.1. The first-order chi connectivity index (χ1) is 14.2. The summed E-state index contributed by atoms with van der Waals surface area (Å²) >= 11 is 5.91. The Balaban J connectivity index is 1.32. The zero-order valence-electron chi connectivity index (χ0n) is 16.4. The molecule has 2 fully saturated rings. The molecule has 2 aliphatic rings. The van der Waals surface area contributed by atoms with Gasteiger partial charge in [0.2, 0.25) is 5.91 Å². The zero-order chi connectivity index (χ0) is 20.1. The summed E-state index contributed by atoms with van der Waals surface area (Å²) < 4.78 is 5.46. The number of hydrogen-bond acceptors (Lipinski definition) is 6. The van der Waals surface area contributed by atoms with Gasteiger partial charge in [0.05, 0.1) is 25.1 Å². The fourth-order valence-corrected chi connectivity index (χ4v) is 4.00. The number of anilines is 2. The second-order valence-corrected chi connectivity index (χ2v) is 7.87. The third kappa shape index (κ3) is 4.97. The summed E-state index contributed by atoms with van der Waals surface area (Å²) in [6.07, 6.45) is 5.14. The summed E-state index contributed by atoms with van der Waals surface area (Å²) in [5, 5.41) is 3.76. The van der Waals surface area contributed by atoms with Crippen LogP contribution >= 0.6 is 11.6 Å². The van der Waals surface area contributed by atoms with Gasteiger partial charge in [0, 0.05) is 43.7 Å². The van der Waals surface area contributed by atoms with E-state index in [9.17, 15) is 4.79 Å². The number of hydrogen-bond donors (Lipinski definition) is 1. The van der Waals surface area contributed by atoms with Gasteiger partial charge < -0.3 is 19.9 Å². The van der Waals surface area contributed by atoms with E-state index in [-0.39, 0.29) is 11.8 Å². The van der Waals surface area contributed by atoms with Crippen LogP contribution in [0.2, 0.25) is 5.02 Å². The highest BCUT2D eigenvalue weighted by Crippen LogP contribution is 2.30. The van der Waals surface area contributed by atoms with Gasteiger partial charge in [-0.2, -0.15) is 0 Å². The number of rotatable bonds is 5. The van der Waals surface area contributed by atoms with Crippen molar-refractivity contribution in [2.45, 2.75) is 19.4 Å². The lowest BCUT2D eigenvalue weighted by atomic mass is 9.95. The van der Waals surface area contributed by atoms with Gasteiger partial charge in [-0.1, -0.05) is 23.7 Å². The maximum Gasteiger partial charge on any atom is 0.223 e. The Bertz CT molecular complexity index is 818. The number of carbonyl (C=O) groups is 1. The van der Waals surface area contributed by atoms with Crippen LogP contribution in [0.4, 0.5) is 11.5 Å². The summed E-state index contributed by atoms with van der Waals surface area (Å²) in [5.74, 6) is 1.13. The lowest BCUT2D eigenvalue weighted by Gasteiger charge is -2.36. The molecule has 0 aliphatic carbocycles. The molecule has 1 aromatic carbocycles. The van der Waals surface area contributed by atoms with E-state index in [1.807, 2.05) is 30.5 Å². The Morgan fingerprint density at radius 2 is 1.83 bits per heavy atom. The van der Waals surface area contributed by atoms with E-state index in [4.69, 9.17) is 16.3 Å². The van der Waals surface area contributed by atoms with Crippen molar-refractivity contribution in [2.24, 2.45) is 5.92 Å². The van der Waals surface area contributed by atoms with Crippen LogP contribution in [0.25, 0.3) is 0 Å². The highest BCUT2D eigenvalue weighted by atomic mass is 35.5. The average molecular weight is 416 g/mol. The van der Waals surface area contributed by atoms with Gasteiger partial charge in [0.25, 0.3) is 0 Å². The van der Waals surface area contributed by atoms with Crippen molar-refractivity contribution in [1.29, 1.82) is 0 Å². The molecule has 3 heterocycles. The van der Waals surface area contributed by atoms with Crippen molar-refractivity contribution in [3.8, 4) is 0 Å². The molecule has 1 amide bonds. The summed E-state index contributed by atoms with van der Waals surface area (Å²) in [6, 6.07) is 7.56. The van der Waals surface area contributed by atoms with Gasteiger partial charge in [-0.25, -0.2) is 9.97 Å². The number of piperidine rings is 1. The molecule has 2 aliphatic heterocycles.